The molecule has 292 valence electrons. The molecule has 0 fully saturated rings. The average Bonchev–Trinajstić information content (AvgIpc) is 3.66. The van der Waals surface area contributed by atoms with Crippen LogP contribution in [0.3, 0.4) is 0 Å². The summed E-state index contributed by atoms with van der Waals surface area (Å²) in [6.45, 7) is 9.43. The number of rotatable bonds is 5. The van der Waals surface area contributed by atoms with Crippen LogP contribution in [0.5, 0.6) is 0 Å². The van der Waals surface area contributed by atoms with Gasteiger partial charge in [-0.15, -0.1) is 0 Å². The van der Waals surface area contributed by atoms with Gasteiger partial charge in [0.05, 0.1) is 16.9 Å². The lowest BCUT2D eigenvalue weighted by molar-refractivity contribution is 1.08. The minimum atomic E-state index is 0.611. The largest absolute Gasteiger partial charge is 0.323 e. The lowest BCUT2D eigenvalue weighted by atomic mass is 9.90. The molecule has 10 aromatic rings. The monoisotopic (exact) mass is 793 g/mol. The van der Waals surface area contributed by atoms with Gasteiger partial charge in [-0.2, -0.15) is 0 Å². The molecular formula is C57H39N5. The van der Waals surface area contributed by atoms with Crippen LogP contribution in [0.2, 0.25) is 0 Å². The molecule has 0 N–H and O–H groups in total. The second kappa shape index (κ2) is 15.3. The Balaban J connectivity index is 1.13. The number of hydrogen-bond acceptors (Lipinski definition) is 4. The molecule has 3 heterocycles. The summed E-state index contributed by atoms with van der Waals surface area (Å²) in [6.07, 6.45) is 8.69. The first-order chi connectivity index (χ1) is 30.6. The summed E-state index contributed by atoms with van der Waals surface area (Å²) in [5, 5.41) is 5.56. The smallest absolute Gasteiger partial charge is 0.164 e. The van der Waals surface area contributed by atoms with E-state index in [1.54, 1.807) is 0 Å². The Kier molecular flexibility index (Phi) is 9.06. The van der Waals surface area contributed by atoms with Crippen molar-refractivity contribution >= 4 is 61.4 Å². The van der Waals surface area contributed by atoms with Gasteiger partial charge >= 0.3 is 0 Å². The SMILES string of the molecule is C=C1C(=C)c2c(n(-c3ccc4ccccc4c3)c3ccccc23)/C=C\N(c2cccc3c(-c4nc(-c5ccccc5)nc(-c5ccccc5)n4)cccc23)/C=C\c2ccccc21. The van der Waals surface area contributed by atoms with Crippen molar-refractivity contribution in [1.29, 1.82) is 0 Å². The van der Waals surface area contributed by atoms with Crippen LogP contribution in [0, 0.1) is 0 Å². The number of hydrogen-bond donors (Lipinski definition) is 0. The molecule has 2 aromatic heterocycles. The van der Waals surface area contributed by atoms with Crippen molar-refractivity contribution in [2.45, 2.75) is 0 Å². The maximum absolute atomic E-state index is 5.11. The fourth-order valence-electron chi connectivity index (χ4n) is 8.72. The predicted molar refractivity (Wildman–Crippen MR) is 259 cm³/mol. The van der Waals surface area contributed by atoms with Crippen molar-refractivity contribution < 1.29 is 0 Å². The summed E-state index contributed by atoms with van der Waals surface area (Å²) in [4.78, 5) is 17.4. The number of nitrogens with zero attached hydrogens (tertiary/aromatic N) is 5. The lowest BCUT2D eigenvalue weighted by Gasteiger charge is -2.20. The van der Waals surface area contributed by atoms with E-state index in [1.807, 2.05) is 60.7 Å². The van der Waals surface area contributed by atoms with Crippen molar-refractivity contribution in [3.63, 3.8) is 0 Å². The van der Waals surface area contributed by atoms with Crippen LogP contribution in [0.25, 0.3) is 95.6 Å². The molecule has 11 rings (SSSR count). The van der Waals surface area contributed by atoms with Gasteiger partial charge in [-0.3, -0.25) is 0 Å². The third kappa shape index (κ3) is 6.40. The molecule has 0 bridgehead atoms. The Morgan fingerprint density at radius 2 is 1.02 bits per heavy atom. The highest BCUT2D eigenvalue weighted by atomic mass is 15.1. The molecule has 0 saturated heterocycles. The Morgan fingerprint density at radius 1 is 0.419 bits per heavy atom. The van der Waals surface area contributed by atoms with Crippen molar-refractivity contribution in [3.05, 3.63) is 236 Å². The molecule has 8 aromatic carbocycles. The van der Waals surface area contributed by atoms with Gasteiger partial charge in [0.15, 0.2) is 17.5 Å². The molecule has 62 heavy (non-hydrogen) atoms. The lowest BCUT2D eigenvalue weighted by Crippen LogP contribution is -2.08. The van der Waals surface area contributed by atoms with Crippen molar-refractivity contribution in [1.82, 2.24) is 19.5 Å². The van der Waals surface area contributed by atoms with Crippen molar-refractivity contribution in [2.75, 3.05) is 4.90 Å². The van der Waals surface area contributed by atoms with Crippen LogP contribution in [0.1, 0.15) is 22.4 Å². The molecule has 0 unspecified atom stereocenters. The zero-order valence-electron chi connectivity index (χ0n) is 33.9. The van der Waals surface area contributed by atoms with E-state index in [0.29, 0.717) is 17.5 Å². The normalized spacial score (nSPS) is 13.8. The second-order valence-corrected chi connectivity index (χ2v) is 15.4. The van der Waals surface area contributed by atoms with E-state index in [1.165, 1.54) is 10.8 Å². The fourth-order valence-corrected chi connectivity index (χ4v) is 8.72. The second-order valence-electron chi connectivity index (χ2n) is 15.4. The van der Waals surface area contributed by atoms with Gasteiger partial charge in [-0.1, -0.05) is 177 Å². The Hall–Kier alpha value is -8.41. The topological polar surface area (TPSA) is 46.8 Å². The van der Waals surface area contributed by atoms with Gasteiger partial charge in [0.2, 0.25) is 0 Å². The number of aromatic nitrogens is 4. The number of para-hydroxylation sites is 1. The average molecular weight is 794 g/mol. The van der Waals surface area contributed by atoms with E-state index in [4.69, 9.17) is 21.5 Å². The first-order valence-corrected chi connectivity index (χ1v) is 20.7. The highest BCUT2D eigenvalue weighted by Crippen LogP contribution is 2.42. The first kappa shape index (κ1) is 36.7. The molecule has 1 aliphatic rings. The quantitative estimate of drug-likeness (QED) is 0.174. The third-order valence-electron chi connectivity index (χ3n) is 11.8. The molecule has 0 amide bonds. The molecule has 0 aliphatic carbocycles. The van der Waals surface area contributed by atoms with Gasteiger partial charge in [-0.25, -0.2) is 15.0 Å². The summed E-state index contributed by atoms with van der Waals surface area (Å²) in [7, 11) is 0. The zero-order valence-corrected chi connectivity index (χ0v) is 33.9. The van der Waals surface area contributed by atoms with E-state index >= 15 is 0 Å². The van der Waals surface area contributed by atoms with E-state index in [0.717, 1.165) is 83.3 Å². The minimum Gasteiger partial charge on any atom is -0.323 e. The molecule has 0 atom stereocenters. The molecular weight excluding hydrogens is 755 g/mol. The Morgan fingerprint density at radius 3 is 1.81 bits per heavy atom. The highest BCUT2D eigenvalue weighted by Gasteiger charge is 2.23. The third-order valence-corrected chi connectivity index (χ3v) is 11.8. The van der Waals surface area contributed by atoms with Crippen molar-refractivity contribution in [2.24, 2.45) is 0 Å². The Labute approximate surface area is 360 Å². The standard InChI is InChI=1S/C57H39N5/c1-38-39(2)54-50-25-13-14-29-52(50)62(45-32-31-40-17-9-10-23-44(40)37-45)53(54)34-36-61(35-33-41-18-11-12-24-46(38)41)51-30-16-26-47-48(51)27-15-28-49(47)57-59-55(42-19-5-3-6-20-42)58-56(60-57)43-21-7-4-8-22-43/h3-37H,1-2H2/b35-33-,36-34-. The number of benzene rings is 8. The van der Waals surface area contributed by atoms with Crippen LogP contribution >= 0.6 is 0 Å². The molecule has 0 saturated carbocycles. The maximum Gasteiger partial charge on any atom is 0.164 e. The van der Waals surface area contributed by atoms with Gasteiger partial charge in [-0.05, 0) is 74.8 Å². The summed E-state index contributed by atoms with van der Waals surface area (Å²) in [6, 6.07) is 65.2. The van der Waals surface area contributed by atoms with Crippen LogP contribution in [-0.2, 0) is 0 Å². The summed E-state index contributed by atoms with van der Waals surface area (Å²) >= 11 is 0. The van der Waals surface area contributed by atoms with Crippen LogP contribution in [0.4, 0.5) is 5.69 Å². The predicted octanol–water partition coefficient (Wildman–Crippen LogP) is 14.3. The van der Waals surface area contributed by atoms with E-state index in [2.05, 4.69) is 168 Å². The summed E-state index contributed by atoms with van der Waals surface area (Å²) in [5.41, 5.74) is 11.8. The van der Waals surface area contributed by atoms with Crippen LogP contribution in [0.15, 0.2) is 214 Å². The Bertz CT molecular complexity index is 3390. The van der Waals surface area contributed by atoms with Gasteiger partial charge in [0.25, 0.3) is 0 Å². The molecule has 5 heteroatoms. The molecule has 0 radical (unpaired) electrons. The number of anilines is 1. The van der Waals surface area contributed by atoms with Crippen LogP contribution in [-0.4, -0.2) is 19.5 Å². The van der Waals surface area contributed by atoms with Crippen molar-refractivity contribution in [3.8, 4) is 39.9 Å². The fraction of sp³-hybridized carbons (Fsp3) is 0. The highest BCUT2D eigenvalue weighted by molar-refractivity contribution is 6.13. The van der Waals surface area contributed by atoms with E-state index in [-0.39, 0.29) is 0 Å². The number of fused-ring (bicyclic) bond motifs is 6. The molecule has 0 spiro atoms. The maximum atomic E-state index is 5.11. The molecule has 1 aliphatic heterocycles. The van der Waals surface area contributed by atoms with Gasteiger partial charge in [0, 0.05) is 51.1 Å². The van der Waals surface area contributed by atoms with E-state index in [9.17, 15) is 0 Å². The summed E-state index contributed by atoms with van der Waals surface area (Å²) in [5.74, 6) is 1.86. The van der Waals surface area contributed by atoms with Gasteiger partial charge in [0.1, 0.15) is 0 Å². The van der Waals surface area contributed by atoms with Gasteiger partial charge < -0.3 is 9.47 Å². The summed E-state index contributed by atoms with van der Waals surface area (Å²) < 4.78 is 2.36. The van der Waals surface area contributed by atoms with E-state index < -0.39 is 0 Å². The zero-order chi connectivity index (χ0) is 41.6. The van der Waals surface area contributed by atoms with Crippen LogP contribution < -0.4 is 4.90 Å². The minimum absolute atomic E-state index is 0.611. The number of allylic oxidation sites excluding steroid dienone is 2. The molecule has 5 nitrogen and oxygen atoms in total. The first-order valence-electron chi connectivity index (χ1n) is 20.7.